The number of carbonyl (C=O) groups excluding carboxylic acids is 3. The van der Waals surface area contributed by atoms with Crippen LogP contribution in [0.15, 0.2) is 183 Å². The first-order valence-corrected chi connectivity index (χ1v) is 39.8. The number of hydrogen-bond donors (Lipinski definition) is 6. The predicted molar refractivity (Wildman–Crippen MR) is 459 cm³/mol. The normalized spacial score (nSPS) is 11.7. The first kappa shape index (κ1) is 87.7. The monoisotopic (exact) mass is 1600 g/mol. The van der Waals surface area contributed by atoms with E-state index in [-0.39, 0.29) is 93.9 Å². The van der Waals surface area contributed by atoms with Gasteiger partial charge in [0.2, 0.25) is 6.29 Å². The Morgan fingerprint density at radius 3 is 1.63 bits per heavy atom. The van der Waals surface area contributed by atoms with Gasteiger partial charge < -0.3 is 60.0 Å². The van der Waals surface area contributed by atoms with Gasteiger partial charge in [0.25, 0.3) is 22.9 Å². The van der Waals surface area contributed by atoms with Crippen molar-refractivity contribution in [2.75, 3.05) is 85.6 Å². The van der Waals surface area contributed by atoms with E-state index < -0.39 is 42.1 Å². The molecule has 1 unspecified atom stereocenters. The van der Waals surface area contributed by atoms with Gasteiger partial charge in [0, 0.05) is 49.7 Å². The van der Waals surface area contributed by atoms with Crippen molar-refractivity contribution in [2.24, 2.45) is 9.98 Å². The highest BCUT2D eigenvalue weighted by molar-refractivity contribution is 6.50. The highest BCUT2D eigenvalue weighted by Crippen LogP contribution is 2.34. The summed E-state index contributed by atoms with van der Waals surface area (Å²) in [6, 6.07) is 48.0. The maximum atomic E-state index is 14.8. The molecule has 0 saturated carbocycles. The molecule has 0 aliphatic rings. The van der Waals surface area contributed by atoms with Crippen LogP contribution in [0.3, 0.4) is 0 Å². The van der Waals surface area contributed by atoms with Crippen LogP contribution in [0.1, 0.15) is 148 Å². The van der Waals surface area contributed by atoms with Crippen molar-refractivity contribution < 1.29 is 53.4 Å². The summed E-state index contributed by atoms with van der Waals surface area (Å²) in [6.45, 7) is 17.8. The largest absolute Gasteiger partial charge is 0.495 e. The second-order valence-electron chi connectivity index (χ2n) is 27.7. The lowest BCUT2D eigenvalue weighted by Gasteiger charge is -2.23. The van der Waals surface area contributed by atoms with Gasteiger partial charge in [-0.1, -0.05) is 167 Å². The van der Waals surface area contributed by atoms with Crippen molar-refractivity contribution in [3.05, 3.63) is 240 Å². The lowest BCUT2D eigenvalue weighted by atomic mass is 10.1. The molecule has 0 aliphatic carbocycles. The number of halogens is 2. The molecule has 0 saturated heterocycles. The summed E-state index contributed by atoms with van der Waals surface area (Å²) in [5.41, 5.74) is 7.27. The number of amides is 2. The number of aliphatic hydroxyl groups excluding tert-OH is 2. The summed E-state index contributed by atoms with van der Waals surface area (Å²) in [7, 11) is 1.52. The number of aliphatic hydroxyl groups is 2. The third-order valence-electron chi connectivity index (χ3n) is 19.3. The van der Waals surface area contributed by atoms with Crippen molar-refractivity contribution in [3.63, 3.8) is 0 Å². The van der Waals surface area contributed by atoms with Crippen molar-refractivity contribution in [1.29, 1.82) is 0 Å². The maximum Gasteiger partial charge on any atom is 0.339 e. The van der Waals surface area contributed by atoms with Gasteiger partial charge in [0.1, 0.15) is 24.8 Å². The summed E-state index contributed by atoms with van der Waals surface area (Å²) in [5, 5.41) is 38.5. The summed E-state index contributed by atoms with van der Waals surface area (Å²) in [4.78, 5) is 105. The number of unbranched alkanes of at least 4 members (excludes halogenated alkanes) is 9. The molecule has 0 radical (unpaired) electrons. The molecule has 0 spiro atoms. The van der Waals surface area contributed by atoms with E-state index >= 15 is 0 Å². The minimum atomic E-state index is -1.34. The number of carbonyl (C=O) groups is 4. The standard InChI is InChI=1S/C47H52N6O6.C42H51Cl2N5O7/c1-7-43(59-41-22-18-31(3)26-33(41)5)58-30-48-35-19-23-42(57-6)40(28-35)51-46(55)44(49-38-21-20-36(27-32(38)4)52(8-2)24-25-54)45-50-39-17-13-12-16-37(39)47(56)53(45)29-34-14-10-9-11-15-34;1-4-6-7-8-9-10-11-12-13-16-23-56-42(55)31-25-36(33(44)26-32(31)43)47-40(53)38(45-34-20-19-29(24-28(34)3)48(5-2)21-22-50)39-46-35-18-15-14-17-30(35)41(54)49(39)27-37(51)52/h9-23,26-28,43,48,54H,7-8,24-25,29-30H2,1-6H3,(H,51,55);14-15,17-20,24-26,50H,4-13,16,21-23,27H2,1-3H3,(H,47,53)(H,51,52). The number of esters is 1. The molecule has 24 nitrogen and oxygen atoms in total. The van der Waals surface area contributed by atoms with Crippen LogP contribution in [0.2, 0.25) is 10.0 Å². The number of aromatic nitrogens is 4. The highest BCUT2D eigenvalue weighted by Gasteiger charge is 2.29. The Morgan fingerprint density at radius 1 is 0.565 bits per heavy atom. The molecular weight excluding hydrogens is 1500 g/mol. The molecule has 115 heavy (non-hydrogen) atoms. The van der Waals surface area contributed by atoms with Crippen LogP contribution in [-0.4, -0.2) is 136 Å². The number of aliphatic carboxylic acids is 1. The Kier molecular flexibility index (Phi) is 33.4. The molecule has 0 fully saturated rings. The van der Waals surface area contributed by atoms with Crippen LogP contribution < -0.4 is 46.3 Å². The number of nitrogens with zero attached hydrogens (tertiary/aromatic N) is 8. The third kappa shape index (κ3) is 24.2. The number of ether oxygens (including phenoxy) is 4. The summed E-state index contributed by atoms with van der Waals surface area (Å²) < 4.78 is 25.8. The average Bonchev–Trinajstić information content (AvgIpc) is 0.771. The van der Waals surface area contributed by atoms with E-state index in [1.54, 1.807) is 73.7 Å². The number of carboxylic acids is 1. The van der Waals surface area contributed by atoms with Crippen molar-refractivity contribution in [3.8, 4) is 11.5 Å². The highest BCUT2D eigenvalue weighted by atomic mass is 35.5. The Balaban J connectivity index is 0.000000264. The van der Waals surface area contributed by atoms with Crippen molar-refractivity contribution in [2.45, 2.75) is 145 Å². The van der Waals surface area contributed by atoms with Gasteiger partial charge in [0.05, 0.1) is 93.6 Å². The van der Waals surface area contributed by atoms with E-state index in [9.17, 15) is 44.1 Å². The average molecular weight is 1610 g/mol. The Morgan fingerprint density at radius 2 is 1.10 bits per heavy atom. The topological polar surface area (TPSA) is 303 Å². The zero-order valence-electron chi connectivity index (χ0n) is 66.8. The number of aliphatic imine (C=N–C) groups is 2. The van der Waals surface area contributed by atoms with Crippen molar-refractivity contribution in [1.82, 2.24) is 19.1 Å². The van der Waals surface area contributed by atoms with E-state index in [1.807, 2.05) is 119 Å². The Labute approximate surface area is 680 Å². The number of aryl methyl sites for hydroxylation is 4. The molecule has 10 rings (SSSR count). The van der Waals surface area contributed by atoms with E-state index in [1.165, 1.54) is 68.4 Å². The number of rotatable bonds is 40. The Bertz CT molecular complexity index is 5210. The number of anilines is 5. The minimum Gasteiger partial charge on any atom is -0.495 e. The number of carboxylic acid groups (broad SMARTS) is 1. The van der Waals surface area contributed by atoms with Gasteiger partial charge >= 0.3 is 11.9 Å². The number of para-hydroxylation sites is 2. The maximum absolute atomic E-state index is 14.8. The SMILES string of the molecule is CCC(OCNc1ccc(OC)c(NC(=O)C(=Nc2ccc(N(CC)CCO)cc2C)c2nc3ccccc3c(=O)n2Cc2ccccc2)c1)Oc1ccc(C)cc1C.CCCCCCCCCCCCOC(=O)c1cc(NC(=O)C(=Nc2ccc(N(CC)CCO)cc2C)c2nc3ccccc3c(=O)n2CC(=O)O)c(Cl)cc1Cl. The van der Waals surface area contributed by atoms with Gasteiger partial charge in [-0.25, -0.2) is 24.7 Å². The van der Waals surface area contributed by atoms with Crippen LogP contribution in [0.25, 0.3) is 21.8 Å². The molecular formula is C89H103Cl2N11O13. The predicted octanol–water partition coefficient (Wildman–Crippen LogP) is 16.9. The van der Waals surface area contributed by atoms with Gasteiger partial charge in [-0.3, -0.25) is 33.1 Å². The summed E-state index contributed by atoms with van der Waals surface area (Å²) in [6.07, 6.45) is 11.5. The molecule has 1 atom stereocenters. The van der Waals surface area contributed by atoms with E-state index in [2.05, 4.69) is 43.8 Å². The van der Waals surface area contributed by atoms with Gasteiger partial charge in [-0.2, -0.15) is 0 Å². The number of methoxy groups -OCH3 is 1. The molecule has 2 heterocycles. The fourth-order valence-electron chi connectivity index (χ4n) is 13.1. The molecule has 8 aromatic carbocycles. The van der Waals surface area contributed by atoms with Crippen molar-refractivity contribution >= 4 is 120 Å². The number of likely N-dealkylation sites (N-methyl/N-ethyl adjacent to an activating group) is 2. The second kappa shape index (κ2) is 43.8. The number of nitrogens with one attached hydrogen (secondary N) is 3. The summed E-state index contributed by atoms with van der Waals surface area (Å²) in [5.74, 6) is -2.54. The quantitative estimate of drug-likeness (QED) is 0.00900. The van der Waals surface area contributed by atoms with E-state index in [0.717, 1.165) is 63.2 Å². The number of benzene rings is 8. The van der Waals surface area contributed by atoms with Crippen LogP contribution in [-0.2, 0) is 36.9 Å². The zero-order chi connectivity index (χ0) is 82.5. The molecule has 26 heteroatoms. The summed E-state index contributed by atoms with van der Waals surface area (Å²) >= 11 is 13.0. The van der Waals surface area contributed by atoms with Gasteiger partial charge in [-0.05, 0) is 167 Å². The molecule has 6 N–H and O–H groups in total. The van der Waals surface area contributed by atoms with E-state index in [0.29, 0.717) is 84.0 Å². The lowest BCUT2D eigenvalue weighted by molar-refractivity contribution is -0.137. The molecule has 2 amide bonds. The Hall–Kier alpha value is -11.3. The van der Waals surface area contributed by atoms with Crippen LogP contribution in [0.4, 0.5) is 39.8 Å². The molecule has 10 aromatic rings. The smallest absolute Gasteiger partial charge is 0.339 e. The fourth-order valence-corrected chi connectivity index (χ4v) is 13.6. The first-order chi connectivity index (χ1) is 55.6. The third-order valence-corrected chi connectivity index (χ3v) is 19.9. The number of hydrogen-bond acceptors (Lipinski definition) is 19. The number of fused-ring (bicyclic) bond motifs is 2. The fraction of sp³-hybridized carbons (Fsp3) is 0.348. The molecule has 0 bridgehead atoms. The zero-order valence-corrected chi connectivity index (χ0v) is 68.3. The van der Waals surface area contributed by atoms with Crippen LogP contribution >= 0.6 is 23.2 Å². The molecule has 606 valence electrons. The second-order valence-corrected chi connectivity index (χ2v) is 28.5. The van der Waals surface area contributed by atoms with Crippen LogP contribution in [0, 0.1) is 27.7 Å². The van der Waals surface area contributed by atoms with E-state index in [4.69, 9.17) is 52.1 Å². The van der Waals surface area contributed by atoms with Gasteiger partial charge in [-0.15, -0.1) is 0 Å². The minimum absolute atomic E-state index is 0.00207. The first-order valence-electron chi connectivity index (χ1n) is 39.0. The molecule has 2 aromatic heterocycles. The lowest BCUT2D eigenvalue weighted by Crippen LogP contribution is -2.35. The molecule has 0 aliphatic heterocycles. The van der Waals surface area contributed by atoms with Gasteiger partial charge in [0.15, 0.2) is 23.1 Å². The van der Waals surface area contributed by atoms with Crippen LogP contribution in [0.5, 0.6) is 11.5 Å².